The predicted molar refractivity (Wildman–Crippen MR) is 80.0 cm³/mol. The lowest BCUT2D eigenvalue weighted by atomic mass is 9.81. The summed E-state index contributed by atoms with van der Waals surface area (Å²) in [5.74, 6) is 0. The van der Waals surface area contributed by atoms with Crippen LogP contribution in [0.25, 0.3) is 0 Å². The van der Waals surface area contributed by atoms with Crippen LogP contribution in [0, 0.1) is 5.41 Å². The molecule has 0 radical (unpaired) electrons. The Labute approximate surface area is 117 Å². The largest absolute Gasteiger partial charge is 0.329 e. The minimum Gasteiger partial charge on any atom is -0.329 e. The third-order valence-corrected chi connectivity index (χ3v) is 5.75. The lowest BCUT2D eigenvalue weighted by Crippen LogP contribution is -2.56. The first kappa shape index (κ1) is 13.1. The molecule has 3 rings (SSSR count). The van der Waals surface area contributed by atoms with Crippen LogP contribution < -0.4 is 5.73 Å². The van der Waals surface area contributed by atoms with Crippen LogP contribution >= 0.6 is 0 Å². The van der Waals surface area contributed by atoms with Gasteiger partial charge in [-0.2, -0.15) is 0 Å². The Kier molecular flexibility index (Phi) is 3.18. The van der Waals surface area contributed by atoms with Crippen LogP contribution in [0.4, 0.5) is 0 Å². The summed E-state index contributed by atoms with van der Waals surface area (Å²) in [6.07, 6.45) is 5.13. The minimum absolute atomic E-state index is 0.157. The molecule has 2 N–H and O–H groups in total. The Bertz CT molecular complexity index is 464. The van der Waals surface area contributed by atoms with Gasteiger partial charge in [0, 0.05) is 18.6 Å². The third-order valence-electron chi connectivity index (χ3n) is 5.75. The number of rotatable bonds is 3. The summed E-state index contributed by atoms with van der Waals surface area (Å²) in [6, 6.07) is 8.91. The van der Waals surface area contributed by atoms with Gasteiger partial charge in [0.25, 0.3) is 0 Å². The van der Waals surface area contributed by atoms with E-state index < -0.39 is 0 Å². The second-order valence-corrected chi connectivity index (χ2v) is 6.83. The van der Waals surface area contributed by atoms with Gasteiger partial charge in [-0.05, 0) is 55.7 Å². The number of fused-ring (bicyclic) bond motifs is 1. The molecule has 0 amide bonds. The van der Waals surface area contributed by atoms with Crippen molar-refractivity contribution in [2.75, 3.05) is 13.1 Å². The van der Waals surface area contributed by atoms with Gasteiger partial charge in [-0.1, -0.05) is 31.2 Å². The van der Waals surface area contributed by atoms with Crippen molar-refractivity contribution in [3.05, 3.63) is 35.4 Å². The Morgan fingerprint density at radius 2 is 1.95 bits per heavy atom. The van der Waals surface area contributed by atoms with E-state index in [9.17, 15) is 0 Å². The Hall–Kier alpha value is -0.860. The molecule has 2 aliphatic rings. The molecule has 2 heteroatoms. The summed E-state index contributed by atoms with van der Waals surface area (Å²) in [4.78, 5) is 2.66. The van der Waals surface area contributed by atoms with E-state index in [-0.39, 0.29) is 5.54 Å². The van der Waals surface area contributed by atoms with Crippen LogP contribution in [-0.4, -0.2) is 23.5 Å². The first-order valence-corrected chi connectivity index (χ1v) is 7.61. The third kappa shape index (κ3) is 2.11. The van der Waals surface area contributed by atoms with Gasteiger partial charge >= 0.3 is 0 Å². The highest BCUT2D eigenvalue weighted by Gasteiger charge is 2.55. The fourth-order valence-corrected chi connectivity index (χ4v) is 3.61. The van der Waals surface area contributed by atoms with Crippen LogP contribution in [0.5, 0.6) is 0 Å². The monoisotopic (exact) mass is 258 g/mol. The molecule has 1 unspecified atom stereocenters. The highest BCUT2D eigenvalue weighted by molar-refractivity contribution is 5.29. The first-order valence-electron chi connectivity index (χ1n) is 7.61. The average Bonchev–Trinajstić information content (AvgIpc) is 3.20. The van der Waals surface area contributed by atoms with Gasteiger partial charge in [-0.15, -0.1) is 0 Å². The van der Waals surface area contributed by atoms with Crippen LogP contribution in [0.3, 0.4) is 0 Å². The molecule has 1 heterocycles. The average molecular weight is 258 g/mol. The smallest absolute Gasteiger partial charge is 0.0360 e. The molecule has 0 spiro atoms. The quantitative estimate of drug-likeness (QED) is 0.903. The zero-order valence-corrected chi connectivity index (χ0v) is 12.3. The van der Waals surface area contributed by atoms with Crippen molar-refractivity contribution in [2.45, 2.75) is 51.6 Å². The second-order valence-electron chi connectivity index (χ2n) is 6.83. The first-order chi connectivity index (χ1) is 9.09. The highest BCUT2D eigenvalue weighted by atomic mass is 15.2. The normalized spacial score (nSPS) is 25.2. The summed E-state index contributed by atoms with van der Waals surface area (Å²) >= 11 is 0. The molecule has 1 saturated carbocycles. The van der Waals surface area contributed by atoms with E-state index in [4.69, 9.17) is 5.73 Å². The summed E-state index contributed by atoms with van der Waals surface area (Å²) in [5.41, 5.74) is 9.82. The fourth-order valence-electron chi connectivity index (χ4n) is 3.61. The van der Waals surface area contributed by atoms with Gasteiger partial charge in [-0.25, -0.2) is 0 Å². The molecule has 1 aromatic carbocycles. The van der Waals surface area contributed by atoms with Gasteiger partial charge in [-0.3, -0.25) is 4.90 Å². The molecule has 1 aliphatic heterocycles. The van der Waals surface area contributed by atoms with Crippen molar-refractivity contribution < 1.29 is 0 Å². The number of nitrogens with two attached hydrogens (primary N) is 1. The topological polar surface area (TPSA) is 29.3 Å². The summed E-state index contributed by atoms with van der Waals surface area (Å²) in [6.45, 7) is 7.81. The van der Waals surface area contributed by atoms with Crippen molar-refractivity contribution >= 4 is 0 Å². The van der Waals surface area contributed by atoms with E-state index in [1.165, 1.54) is 43.4 Å². The summed E-state index contributed by atoms with van der Waals surface area (Å²) in [7, 11) is 0. The lowest BCUT2D eigenvalue weighted by Gasteiger charge is -2.45. The van der Waals surface area contributed by atoms with E-state index in [2.05, 4.69) is 43.0 Å². The summed E-state index contributed by atoms with van der Waals surface area (Å²) in [5, 5.41) is 0. The van der Waals surface area contributed by atoms with Gasteiger partial charge in [0.05, 0.1) is 0 Å². The molecule has 19 heavy (non-hydrogen) atoms. The lowest BCUT2D eigenvalue weighted by molar-refractivity contribution is 0.0414. The molecule has 0 aromatic heterocycles. The predicted octanol–water partition coefficient (Wildman–Crippen LogP) is 2.95. The van der Waals surface area contributed by atoms with Crippen molar-refractivity contribution in [1.29, 1.82) is 0 Å². The second kappa shape index (κ2) is 4.60. The fraction of sp³-hybridized carbons (Fsp3) is 0.647. The zero-order chi connectivity index (χ0) is 13.5. The SMILES string of the molecule is CC1(C(C)(CN)N2CCCc3ccccc3C2)CC1. The molecule has 1 atom stereocenters. The number of nitrogens with zero attached hydrogens (tertiary/aromatic N) is 1. The van der Waals surface area contributed by atoms with E-state index in [0.717, 1.165) is 13.1 Å². The van der Waals surface area contributed by atoms with E-state index in [1.54, 1.807) is 0 Å². The van der Waals surface area contributed by atoms with E-state index in [0.29, 0.717) is 5.41 Å². The summed E-state index contributed by atoms with van der Waals surface area (Å²) < 4.78 is 0. The Morgan fingerprint density at radius 3 is 2.58 bits per heavy atom. The van der Waals surface area contributed by atoms with Gasteiger partial charge in [0.1, 0.15) is 0 Å². The zero-order valence-electron chi connectivity index (χ0n) is 12.3. The molecule has 0 bridgehead atoms. The number of hydrogen-bond acceptors (Lipinski definition) is 2. The molecule has 1 fully saturated rings. The van der Waals surface area contributed by atoms with E-state index >= 15 is 0 Å². The number of benzene rings is 1. The highest BCUT2D eigenvalue weighted by Crippen LogP contribution is 2.56. The molecular weight excluding hydrogens is 232 g/mol. The van der Waals surface area contributed by atoms with Gasteiger partial charge < -0.3 is 5.73 Å². The molecule has 1 aromatic rings. The maximum Gasteiger partial charge on any atom is 0.0360 e. The van der Waals surface area contributed by atoms with Crippen LogP contribution in [0.1, 0.15) is 44.2 Å². The van der Waals surface area contributed by atoms with Crippen LogP contribution in [0.2, 0.25) is 0 Å². The number of aryl methyl sites for hydroxylation is 1. The standard InChI is InChI=1S/C17H26N2/c1-16(9-10-16)17(2,13-18)19-11-5-8-14-6-3-4-7-15(14)12-19/h3-4,6-7H,5,8-13,18H2,1-2H3. The molecule has 1 aliphatic carbocycles. The maximum atomic E-state index is 6.19. The molecule has 104 valence electrons. The van der Waals surface area contributed by atoms with Crippen LogP contribution in [-0.2, 0) is 13.0 Å². The van der Waals surface area contributed by atoms with Gasteiger partial charge in [0.2, 0.25) is 0 Å². The van der Waals surface area contributed by atoms with Gasteiger partial charge in [0.15, 0.2) is 0 Å². The molecule has 2 nitrogen and oxygen atoms in total. The minimum atomic E-state index is 0.157. The van der Waals surface area contributed by atoms with Crippen molar-refractivity contribution in [2.24, 2.45) is 11.1 Å². The molecule has 0 saturated heterocycles. The molecular formula is C17H26N2. The van der Waals surface area contributed by atoms with E-state index in [1.807, 2.05) is 0 Å². The van der Waals surface area contributed by atoms with Crippen LogP contribution in [0.15, 0.2) is 24.3 Å². The maximum absolute atomic E-state index is 6.19. The number of hydrogen-bond donors (Lipinski definition) is 1. The van der Waals surface area contributed by atoms with Crippen molar-refractivity contribution in [1.82, 2.24) is 4.90 Å². The van der Waals surface area contributed by atoms with Crippen molar-refractivity contribution in [3.8, 4) is 0 Å². The Morgan fingerprint density at radius 1 is 1.26 bits per heavy atom. The van der Waals surface area contributed by atoms with Crippen molar-refractivity contribution in [3.63, 3.8) is 0 Å². The Balaban J connectivity index is 1.90.